The molecular weight excluding hydrogens is 326 g/mol. The number of ether oxygens (including phenoxy) is 1. The quantitative estimate of drug-likeness (QED) is 0.690. The molecule has 26 heavy (non-hydrogen) atoms. The second-order valence-corrected chi connectivity index (χ2v) is 7.83. The van der Waals surface area contributed by atoms with Gasteiger partial charge < -0.3 is 14.5 Å². The Morgan fingerprint density at radius 2 is 2.04 bits per heavy atom. The highest BCUT2D eigenvalue weighted by molar-refractivity contribution is 6.07. The number of hydrogen-bond acceptors (Lipinski definition) is 3. The van der Waals surface area contributed by atoms with Crippen LogP contribution in [0.15, 0.2) is 40.8 Å². The molecule has 134 valence electrons. The first-order valence-electron chi connectivity index (χ1n) is 9.50. The monoisotopic (exact) mass is 349 g/mol. The number of furan rings is 1. The fourth-order valence-corrected chi connectivity index (χ4v) is 5.08. The minimum atomic E-state index is 0.0799. The zero-order valence-electron chi connectivity index (χ0n) is 15.0. The van der Waals surface area contributed by atoms with Gasteiger partial charge in [0.2, 0.25) is 5.91 Å². The lowest BCUT2D eigenvalue weighted by molar-refractivity contribution is -0.117. The number of methoxy groups -OCH3 is 1. The lowest BCUT2D eigenvalue weighted by atomic mass is 9.86. The molecule has 1 heterocycles. The Morgan fingerprint density at radius 1 is 1.15 bits per heavy atom. The van der Waals surface area contributed by atoms with Crippen LogP contribution >= 0.6 is 0 Å². The van der Waals surface area contributed by atoms with Crippen LogP contribution in [-0.2, 0) is 4.79 Å². The van der Waals surface area contributed by atoms with E-state index in [0.29, 0.717) is 23.8 Å². The van der Waals surface area contributed by atoms with E-state index in [-0.39, 0.29) is 5.91 Å². The Bertz CT molecular complexity index is 990. The SMILES string of the molecule is COc1cc2c(cc1NC(=O)C[C@H]1C[C@H]3CC[C@@H]1C3)oc1ccccc12. The zero-order valence-corrected chi connectivity index (χ0v) is 15.0. The van der Waals surface area contributed by atoms with Gasteiger partial charge in [-0.2, -0.15) is 0 Å². The molecule has 0 unspecified atom stereocenters. The van der Waals surface area contributed by atoms with Crippen LogP contribution in [0.2, 0.25) is 0 Å². The van der Waals surface area contributed by atoms with Crippen LogP contribution in [0.4, 0.5) is 5.69 Å². The van der Waals surface area contributed by atoms with E-state index in [2.05, 4.69) is 5.32 Å². The van der Waals surface area contributed by atoms with Crippen LogP contribution in [-0.4, -0.2) is 13.0 Å². The number of para-hydroxylation sites is 1. The largest absolute Gasteiger partial charge is 0.495 e. The van der Waals surface area contributed by atoms with Gasteiger partial charge in [-0.15, -0.1) is 0 Å². The number of carbonyl (C=O) groups is 1. The molecule has 4 nitrogen and oxygen atoms in total. The average molecular weight is 349 g/mol. The van der Waals surface area contributed by atoms with Crippen molar-refractivity contribution in [2.75, 3.05) is 12.4 Å². The van der Waals surface area contributed by atoms with Gasteiger partial charge in [-0.1, -0.05) is 24.6 Å². The Kier molecular flexibility index (Phi) is 3.66. The van der Waals surface area contributed by atoms with Gasteiger partial charge in [0, 0.05) is 23.3 Å². The first-order valence-corrected chi connectivity index (χ1v) is 9.50. The number of nitrogens with one attached hydrogen (secondary N) is 1. The van der Waals surface area contributed by atoms with Crippen molar-refractivity contribution in [2.45, 2.75) is 32.1 Å². The molecule has 2 aliphatic rings. The third-order valence-electron chi connectivity index (χ3n) is 6.31. The molecule has 0 saturated heterocycles. The fourth-order valence-electron chi connectivity index (χ4n) is 5.08. The van der Waals surface area contributed by atoms with E-state index in [0.717, 1.165) is 33.8 Å². The highest BCUT2D eigenvalue weighted by atomic mass is 16.5. The van der Waals surface area contributed by atoms with Gasteiger partial charge >= 0.3 is 0 Å². The molecule has 4 heteroatoms. The van der Waals surface area contributed by atoms with E-state index in [4.69, 9.17) is 9.15 Å². The summed E-state index contributed by atoms with van der Waals surface area (Å²) in [5, 5.41) is 5.12. The third kappa shape index (κ3) is 2.56. The maximum atomic E-state index is 12.6. The van der Waals surface area contributed by atoms with Gasteiger partial charge in [0.25, 0.3) is 0 Å². The molecule has 0 aliphatic heterocycles. The summed E-state index contributed by atoms with van der Waals surface area (Å²) in [6, 6.07) is 11.8. The van der Waals surface area contributed by atoms with Crippen LogP contribution in [0.25, 0.3) is 21.9 Å². The van der Waals surface area contributed by atoms with Gasteiger partial charge in [-0.3, -0.25) is 4.79 Å². The maximum Gasteiger partial charge on any atom is 0.224 e. The summed E-state index contributed by atoms with van der Waals surface area (Å²) >= 11 is 0. The number of rotatable bonds is 4. The van der Waals surface area contributed by atoms with E-state index >= 15 is 0 Å². The number of hydrogen-bond donors (Lipinski definition) is 1. The Morgan fingerprint density at radius 3 is 2.81 bits per heavy atom. The molecule has 5 rings (SSSR count). The minimum absolute atomic E-state index is 0.0799. The summed E-state index contributed by atoms with van der Waals surface area (Å²) < 4.78 is 11.5. The first-order chi connectivity index (χ1) is 12.7. The number of anilines is 1. The van der Waals surface area contributed by atoms with Gasteiger partial charge in [-0.25, -0.2) is 0 Å². The van der Waals surface area contributed by atoms with Crippen molar-refractivity contribution in [3.63, 3.8) is 0 Å². The predicted molar refractivity (Wildman–Crippen MR) is 102 cm³/mol. The number of fused-ring (bicyclic) bond motifs is 5. The van der Waals surface area contributed by atoms with Crippen molar-refractivity contribution >= 4 is 33.5 Å². The van der Waals surface area contributed by atoms with Gasteiger partial charge in [-0.05, 0) is 49.1 Å². The average Bonchev–Trinajstić information content (AvgIpc) is 3.34. The highest BCUT2D eigenvalue weighted by Crippen LogP contribution is 2.49. The number of amides is 1. The highest BCUT2D eigenvalue weighted by Gasteiger charge is 2.40. The molecular formula is C22H23NO3. The molecule has 2 bridgehead atoms. The fraction of sp³-hybridized carbons (Fsp3) is 0.409. The van der Waals surface area contributed by atoms with Crippen LogP contribution in [0.1, 0.15) is 32.1 Å². The molecule has 3 atom stereocenters. The van der Waals surface area contributed by atoms with Crippen LogP contribution in [0.5, 0.6) is 5.75 Å². The van der Waals surface area contributed by atoms with E-state index in [1.54, 1.807) is 7.11 Å². The summed E-state index contributed by atoms with van der Waals surface area (Å²) in [5.41, 5.74) is 2.30. The second-order valence-electron chi connectivity index (χ2n) is 7.83. The van der Waals surface area contributed by atoms with Crippen LogP contribution in [0.3, 0.4) is 0 Å². The van der Waals surface area contributed by atoms with Crippen LogP contribution in [0, 0.1) is 17.8 Å². The normalized spacial score (nSPS) is 24.4. The lowest BCUT2D eigenvalue weighted by Crippen LogP contribution is -2.20. The summed E-state index contributed by atoms with van der Waals surface area (Å²) in [4.78, 5) is 12.6. The van der Waals surface area contributed by atoms with Gasteiger partial charge in [0.05, 0.1) is 12.8 Å². The molecule has 3 aromatic rings. The molecule has 1 aromatic heterocycles. The topological polar surface area (TPSA) is 51.5 Å². The van der Waals surface area contributed by atoms with Crippen molar-refractivity contribution in [1.29, 1.82) is 0 Å². The molecule has 0 radical (unpaired) electrons. The second kappa shape index (κ2) is 6.04. The zero-order chi connectivity index (χ0) is 17.7. The van der Waals surface area contributed by atoms with Crippen molar-refractivity contribution in [1.82, 2.24) is 0 Å². The summed E-state index contributed by atoms with van der Waals surface area (Å²) in [5.74, 6) is 2.92. The lowest BCUT2D eigenvalue weighted by Gasteiger charge is -2.21. The summed E-state index contributed by atoms with van der Waals surface area (Å²) in [7, 11) is 1.63. The number of carbonyl (C=O) groups excluding carboxylic acids is 1. The maximum absolute atomic E-state index is 12.6. The molecule has 1 N–H and O–H groups in total. The smallest absolute Gasteiger partial charge is 0.224 e. The molecule has 2 aromatic carbocycles. The van der Waals surface area contributed by atoms with E-state index in [9.17, 15) is 4.79 Å². The van der Waals surface area contributed by atoms with Crippen molar-refractivity contribution in [3.05, 3.63) is 36.4 Å². The molecule has 2 aliphatic carbocycles. The Hall–Kier alpha value is -2.49. The van der Waals surface area contributed by atoms with E-state index < -0.39 is 0 Å². The van der Waals surface area contributed by atoms with Gasteiger partial charge in [0.15, 0.2) is 0 Å². The standard InChI is InChI=1S/C22H23NO3/c1-25-21-11-17-16-4-2-3-5-19(16)26-20(17)12-18(21)23-22(24)10-15-9-13-6-7-14(15)8-13/h2-5,11-15H,6-10H2,1H3,(H,23,24)/t13-,14+,15+/m0/s1. The van der Waals surface area contributed by atoms with Crippen LogP contribution < -0.4 is 10.1 Å². The van der Waals surface area contributed by atoms with Crippen molar-refractivity contribution in [2.24, 2.45) is 17.8 Å². The Labute approximate surface area is 152 Å². The molecule has 2 fully saturated rings. The van der Waals surface area contributed by atoms with Crippen molar-refractivity contribution < 1.29 is 13.9 Å². The third-order valence-corrected chi connectivity index (χ3v) is 6.31. The summed E-state index contributed by atoms with van der Waals surface area (Å²) in [6.07, 6.45) is 5.82. The number of benzene rings is 2. The van der Waals surface area contributed by atoms with E-state index in [1.807, 2.05) is 36.4 Å². The summed E-state index contributed by atoms with van der Waals surface area (Å²) in [6.45, 7) is 0. The molecule has 1 amide bonds. The first kappa shape index (κ1) is 15.7. The Balaban J connectivity index is 1.42. The minimum Gasteiger partial charge on any atom is -0.495 e. The van der Waals surface area contributed by atoms with Gasteiger partial charge in [0.1, 0.15) is 16.9 Å². The predicted octanol–water partition coefficient (Wildman–Crippen LogP) is 5.36. The van der Waals surface area contributed by atoms with Crippen molar-refractivity contribution in [3.8, 4) is 5.75 Å². The molecule has 0 spiro atoms. The molecule has 2 saturated carbocycles. The van der Waals surface area contributed by atoms with E-state index in [1.165, 1.54) is 25.7 Å².